The molecule has 3 heterocycles. The van der Waals surface area contributed by atoms with Gasteiger partial charge in [-0.25, -0.2) is 0 Å². The molecule has 25 heavy (non-hydrogen) atoms. The van der Waals surface area contributed by atoms with Crippen LogP contribution in [0.5, 0.6) is 0 Å². The summed E-state index contributed by atoms with van der Waals surface area (Å²) in [6.45, 7) is 3.27. The Balaban J connectivity index is 1.33. The van der Waals surface area contributed by atoms with Crippen LogP contribution >= 0.6 is 11.8 Å². The lowest BCUT2D eigenvalue weighted by molar-refractivity contribution is -0.169. The van der Waals surface area contributed by atoms with Crippen LogP contribution < -0.4 is 10.2 Å². The summed E-state index contributed by atoms with van der Waals surface area (Å²) >= 11 is 1.36. The summed E-state index contributed by atoms with van der Waals surface area (Å²) in [4.78, 5) is 13.4. The molecular formula is C17H20N4O3S. The molecule has 0 radical (unpaired) electrons. The van der Waals surface area contributed by atoms with Crippen molar-refractivity contribution in [2.24, 2.45) is 10.2 Å². The van der Waals surface area contributed by atoms with Gasteiger partial charge in [-0.05, 0) is 17.7 Å². The predicted octanol–water partition coefficient (Wildman–Crippen LogP) is 1.58. The second-order valence-electron chi connectivity index (χ2n) is 6.17. The van der Waals surface area contributed by atoms with Gasteiger partial charge in [0.2, 0.25) is 5.91 Å². The summed E-state index contributed by atoms with van der Waals surface area (Å²) in [6, 6.07) is 8.22. The maximum atomic E-state index is 11.1. The first-order valence-electron chi connectivity index (χ1n) is 8.39. The van der Waals surface area contributed by atoms with Crippen molar-refractivity contribution in [3.05, 3.63) is 29.8 Å². The Labute approximate surface area is 150 Å². The molecule has 132 valence electrons. The van der Waals surface area contributed by atoms with Gasteiger partial charge in [0.1, 0.15) is 0 Å². The first-order valence-corrected chi connectivity index (χ1v) is 9.38. The highest BCUT2D eigenvalue weighted by Gasteiger charge is 2.39. The summed E-state index contributed by atoms with van der Waals surface area (Å²) in [6.07, 6.45) is 3.49. The third-order valence-corrected chi connectivity index (χ3v) is 5.40. The molecule has 1 N–H and O–H groups in total. The van der Waals surface area contributed by atoms with Gasteiger partial charge in [-0.2, -0.15) is 5.10 Å². The molecule has 0 bridgehead atoms. The van der Waals surface area contributed by atoms with Crippen LogP contribution in [0.1, 0.15) is 18.4 Å². The van der Waals surface area contributed by atoms with Gasteiger partial charge in [-0.3, -0.25) is 4.79 Å². The second-order valence-corrected chi connectivity index (χ2v) is 7.14. The number of carbonyl (C=O) groups is 1. The van der Waals surface area contributed by atoms with E-state index in [1.807, 2.05) is 12.1 Å². The van der Waals surface area contributed by atoms with Gasteiger partial charge in [-0.1, -0.05) is 23.9 Å². The number of anilines is 1. The number of piperidine rings is 1. The molecule has 1 aromatic carbocycles. The minimum absolute atomic E-state index is 0.0278. The molecule has 3 saturated heterocycles. The van der Waals surface area contributed by atoms with Gasteiger partial charge in [0, 0.05) is 31.6 Å². The van der Waals surface area contributed by atoms with Crippen molar-refractivity contribution >= 4 is 34.7 Å². The molecule has 0 saturated carbocycles. The Morgan fingerprint density at radius 2 is 1.88 bits per heavy atom. The molecule has 1 amide bonds. The minimum Gasteiger partial charge on any atom is -0.371 e. The van der Waals surface area contributed by atoms with Crippen LogP contribution in [0, 0.1) is 0 Å². The first-order chi connectivity index (χ1) is 12.2. The predicted molar refractivity (Wildman–Crippen MR) is 98.2 cm³/mol. The summed E-state index contributed by atoms with van der Waals surface area (Å²) in [5.41, 5.74) is 2.16. The number of thioether (sulfide) groups is 1. The smallest absolute Gasteiger partial charge is 0.236 e. The molecule has 0 atom stereocenters. The quantitative estimate of drug-likeness (QED) is 0.654. The highest BCUT2D eigenvalue weighted by atomic mass is 32.2. The molecular weight excluding hydrogens is 340 g/mol. The Kier molecular flexibility index (Phi) is 4.74. The normalized spacial score (nSPS) is 24.6. The third-order valence-electron chi connectivity index (χ3n) is 4.54. The van der Waals surface area contributed by atoms with Crippen molar-refractivity contribution in [2.45, 2.75) is 18.6 Å². The van der Waals surface area contributed by atoms with Crippen molar-refractivity contribution in [1.82, 2.24) is 5.32 Å². The van der Waals surface area contributed by atoms with Gasteiger partial charge in [0.05, 0.1) is 25.2 Å². The van der Waals surface area contributed by atoms with Crippen LogP contribution in [-0.4, -0.2) is 55.1 Å². The molecule has 3 aliphatic heterocycles. The Bertz CT molecular complexity index is 688. The minimum atomic E-state index is -0.337. The molecule has 0 aromatic heterocycles. The van der Waals surface area contributed by atoms with Gasteiger partial charge in [0.25, 0.3) is 0 Å². The third kappa shape index (κ3) is 3.86. The monoisotopic (exact) mass is 360 g/mol. The molecule has 8 heteroatoms. The average molecular weight is 360 g/mol. The van der Waals surface area contributed by atoms with E-state index in [1.165, 1.54) is 17.4 Å². The SMILES string of the molecule is O=C1CSC(=NN=Cc2ccc(N3CCC4(CC3)OCCO4)cc2)N1. The number of hydrogen-bond acceptors (Lipinski definition) is 7. The van der Waals surface area contributed by atoms with E-state index in [0.29, 0.717) is 24.1 Å². The van der Waals surface area contributed by atoms with Crippen LogP contribution in [-0.2, 0) is 14.3 Å². The zero-order chi connectivity index (χ0) is 17.1. The Hall–Kier alpha value is -1.90. The lowest BCUT2D eigenvalue weighted by atomic mass is 10.0. The van der Waals surface area contributed by atoms with Crippen LogP contribution in [0.25, 0.3) is 0 Å². The summed E-state index contributed by atoms with van der Waals surface area (Å²) in [5, 5.41) is 11.2. The molecule has 0 aliphatic carbocycles. The Morgan fingerprint density at radius 1 is 1.16 bits per heavy atom. The number of nitrogens with zero attached hydrogens (tertiary/aromatic N) is 3. The fraction of sp³-hybridized carbons (Fsp3) is 0.471. The molecule has 1 spiro atoms. The van der Waals surface area contributed by atoms with E-state index < -0.39 is 0 Å². The summed E-state index contributed by atoms with van der Waals surface area (Å²) < 4.78 is 11.5. The van der Waals surface area contributed by atoms with Crippen molar-refractivity contribution in [1.29, 1.82) is 0 Å². The lowest BCUT2D eigenvalue weighted by Crippen LogP contribution is -2.45. The largest absolute Gasteiger partial charge is 0.371 e. The number of carbonyl (C=O) groups excluding carboxylic acids is 1. The first kappa shape index (κ1) is 16.6. The highest BCUT2D eigenvalue weighted by molar-refractivity contribution is 8.15. The van der Waals surface area contributed by atoms with E-state index in [0.717, 1.165) is 31.5 Å². The van der Waals surface area contributed by atoms with Crippen LogP contribution in [0.15, 0.2) is 34.5 Å². The topological polar surface area (TPSA) is 75.5 Å². The van der Waals surface area contributed by atoms with E-state index in [-0.39, 0.29) is 11.7 Å². The van der Waals surface area contributed by atoms with E-state index in [2.05, 4.69) is 32.6 Å². The van der Waals surface area contributed by atoms with E-state index >= 15 is 0 Å². The fourth-order valence-electron chi connectivity index (χ4n) is 3.19. The van der Waals surface area contributed by atoms with Crippen LogP contribution in [0.2, 0.25) is 0 Å². The lowest BCUT2D eigenvalue weighted by Gasteiger charge is -2.38. The number of rotatable bonds is 3. The molecule has 0 unspecified atom stereocenters. The number of ether oxygens (including phenoxy) is 2. The van der Waals surface area contributed by atoms with E-state index in [9.17, 15) is 4.79 Å². The summed E-state index contributed by atoms with van der Waals surface area (Å²) in [5.74, 6) is 0.0478. The van der Waals surface area contributed by atoms with Crippen molar-refractivity contribution in [2.75, 3.05) is 37.0 Å². The maximum absolute atomic E-state index is 11.1. The average Bonchev–Trinajstić information content (AvgIpc) is 3.26. The number of nitrogens with one attached hydrogen (secondary N) is 1. The van der Waals surface area contributed by atoms with E-state index in [1.54, 1.807) is 6.21 Å². The summed E-state index contributed by atoms with van der Waals surface area (Å²) in [7, 11) is 0. The fourth-order valence-corrected chi connectivity index (χ4v) is 3.82. The van der Waals surface area contributed by atoms with Crippen molar-refractivity contribution < 1.29 is 14.3 Å². The second kappa shape index (κ2) is 7.15. The molecule has 1 aromatic rings. The molecule has 7 nitrogen and oxygen atoms in total. The Morgan fingerprint density at radius 3 is 2.52 bits per heavy atom. The molecule has 3 aliphatic rings. The molecule has 4 rings (SSSR count). The van der Waals surface area contributed by atoms with Crippen LogP contribution in [0.3, 0.4) is 0 Å². The number of hydrogen-bond donors (Lipinski definition) is 1. The standard InChI is InChI=1S/C17H20N4O3S/c22-15-12-25-16(19-15)20-18-11-13-1-3-14(4-2-13)21-7-5-17(6-8-21)23-9-10-24-17/h1-4,11H,5-10,12H2,(H,19,20,22). The van der Waals surface area contributed by atoms with Crippen LogP contribution in [0.4, 0.5) is 5.69 Å². The number of amidine groups is 1. The number of amides is 1. The zero-order valence-corrected chi connectivity index (χ0v) is 14.6. The maximum Gasteiger partial charge on any atom is 0.236 e. The van der Waals surface area contributed by atoms with Gasteiger partial charge in [-0.15, -0.1) is 5.10 Å². The van der Waals surface area contributed by atoms with E-state index in [4.69, 9.17) is 9.47 Å². The van der Waals surface area contributed by atoms with Gasteiger partial charge in [0.15, 0.2) is 11.0 Å². The molecule has 3 fully saturated rings. The highest BCUT2D eigenvalue weighted by Crippen LogP contribution is 2.33. The zero-order valence-electron chi connectivity index (χ0n) is 13.8. The van der Waals surface area contributed by atoms with Crippen molar-refractivity contribution in [3.63, 3.8) is 0 Å². The number of benzene rings is 1. The van der Waals surface area contributed by atoms with Crippen molar-refractivity contribution in [3.8, 4) is 0 Å². The van der Waals surface area contributed by atoms with Gasteiger partial charge < -0.3 is 19.7 Å². The van der Waals surface area contributed by atoms with Gasteiger partial charge >= 0.3 is 0 Å².